The van der Waals surface area contributed by atoms with E-state index < -0.39 is 0 Å². The molecular weight excluding hydrogens is 260 g/mol. The highest BCUT2D eigenvalue weighted by Gasteiger charge is 2.21. The number of rotatable bonds is 3. The van der Waals surface area contributed by atoms with E-state index in [0.29, 0.717) is 11.1 Å². The van der Waals surface area contributed by atoms with Crippen LogP contribution in [0.5, 0.6) is 0 Å². The second-order valence-corrected chi connectivity index (χ2v) is 5.76. The van der Waals surface area contributed by atoms with Gasteiger partial charge in [-0.1, -0.05) is 32.4 Å². The molecule has 1 aromatic heterocycles. The van der Waals surface area contributed by atoms with Crippen LogP contribution >= 0.6 is 11.6 Å². The maximum Gasteiger partial charge on any atom is 0.137 e. The zero-order chi connectivity index (χ0) is 14.0. The fraction of sp³-hybridized carbons (Fsp3) is 0.714. The average molecular weight is 283 g/mol. The Hall–Kier alpha value is -0.870. The molecule has 0 aliphatic carbocycles. The van der Waals surface area contributed by atoms with Gasteiger partial charge in [-0.15, -0.1) is 0 Å². The molecule has 19 heavy (non-hydrogen) atoms. The minimum Gasteiger partial charge on any atom is -0.354 e. The molecule has 0 saturated carbocycles. The quantitative estimate of drug-likeness (QED) is 0.798. The first kappa shape index (κ1) is 14.5. The Morgan fingerprint density at radius 3 is 2.32 bits per heavy atom. The van der Waals surface area contributed by atoms with Crippen molar-refractivity contribution in [1.82, 2.24) is 14.9 Å². The van der Waals surface area contributed by atoms with Crippen LogP contribution < -0.4 is 4.90 Å². The topological polar surface area (TPSA) is 32.3 Å². The lowest BCUT2D eigenvalue weighted by atomic mass is 10.2. The van der Waals surface area contributed by atoms with E-state index in [1.807, 2.05) is 6.92 Å². The smallest absolute Gasteiger partial charge is 0.137 e. The van der Waals surface area contributed by atoms with Crippen molar-refractivity contribution < 1.29 is 0 Å². The van der Waals surface area contributed by atoms with Gasteiger partial charge in [-0.25, -0.2) is 9.97 Å². The molecule has 1 aliphatic heterocycles. The van der Waals surface area contributed by atoms with E-state index >= 15 is 0 Å². The van der Waals surface area contributed by atoms with Crippen molar-refractivity contribution in [3.05, 3.63) is 16.5 Å². The van der Waals surface area contributed by atoms with E-state index in [4.69, 9.17) is 16.6 Å². The van der Waals surface area contributed by atoms with Crippen LogP contribution in [0.15, 0.2) is 0 Å². The minimum absolute atomic E-state index is 0.300. The molecule has 0 radical (unpaired) electrons. The van der Waals surface area contributed by atoms with Crippen LogP contribution in [0.4, 0.5) is 5.82 Å². The Morgan fingerprint density at radius 2 is 1.79 bits per heavy atom. The zero-order valence-corrected chi connectivity index (χ0v) is 13.0. The molecule has 4 nitrogen and oxygen atoms in total. The summed E-state index contributed by atoms with van der Waals surface area (Å²) in [6, 6.07) is 0. The lowest BCUT2D eigenvalue weighted by Crippen LogP contribution is -2.46. The van der Waals surface area contributed by atoms with Crippen LogP contribution in [0.2, 0.25) is 5.15 Å². The fourth-order valence-electron chi connectivity index (χ4n) is 2.34. The van der Waals surface area contributed by atoms with Crippen molar-refractivity contribution in [2.24, 2.45) is 0 Å². The van der Waals surface area contributed by atoms with E-state index in [0.717, 1.165) is 49.9 Å². The van der Waals surface area contributed by atoms with Crippen LogP contribution in [0, 0.1) is 6.92 Å². The van der Waals surface area contributed by atoms with Gasteiger partial charge in [0, 0.05) is 37.7 Å². The maximum absolute atomic E-state index is 6.25. The number of likely N-dealkylation sites (N-methyl/N-ethyl adjacent to an activating group) is 1. The average Bonchev–Trinajstić information content (AvgIpc) is 2.41. The highest BCUT2D eigenvalue weighted by atomic mass is 35.5. The van der Waals surface area contributed by atoms with Gasteiger partial charge in [0.1, 0.15) is 16.8 Å². The summed E-state index contributed by atoms with van der Waals surface area (Å²) in [5, 5.41) is 0.589. The van der Waals surface area contributed by atoms with Gasteiger partial charge < -0.3 is 9.80 Å². The van der Waals surface area contributed by atoms with Crippen LogP contribution in [0.1, 0.15) is 38.1 Å². The molecule has 1 aliphatic rings. The molecule has 0 aromatic carbocycles. The number of aromatic nitrogens is 2. The highest BCUT2D eigenvalue weighted by Crippen LogP contribution is 2.26. The number of nitrogens with zero attached hydrogens (tertiary/aromatic N) is 4. The number of hydrogen-bond donors (Lipinski definition) is 0. The first-order valence-corrected chi connectivity index (χ1v) is 7.42. The Balaban J connectivity index is 2.24. The Bertz CT molecular complexity index is 439. The molecule has 1 fully saturated rings. The van der Waals surface area contributed by atoms with Crippen molar-refractivity contribution in [3.8, 4) is 0 Å². The Labute approximate surface area is 120 Å². The van der Waals surface area contributed by atoms with Crippen LogP contribution in [0.25, 0.3) is 0 Å². The largest absolute Gasteiger partial charge is 0.354 e. The molecule has 2 rings (SSSR count). The van der Waals surface area contributed by atoms with Gasteiger partial charge >= 0.3 is 0 Å². The van der Waals surface area contributed by atoms with E-state index in [-0.39, 0.29) is 0 Å². The maximum atomic E-state index is 6.25. The van der Waals surface area contributed by atoms with Crippen molar-refractivity contribution in [2.75, 3.05) is 37.6 Å². The molecule has 0 amide bonds. The highest BCUT2D eigenvalue weighted by molar-refractivity contribution is 6.30. The zero-order valence-electron chi connectivity index (χ0n) is 12.3. The van der Waals surface area contributed by atoms with Gasteiger partial charge in [-0.3, -0.25) is 0 Å². The standard InChI is InChI=1S/C14H23ClN4/c1-5-18-6-8-19(9-7-18)14-11(4)12(15)16-13(17-14)10(2)3/h10H,5-9H2,1-4H3. The van der Waals surface area contributed by atoms with Crippen molar-refractivity contribution in [1.29, 1.82) is 0 Å². The molecule has 0 spiro atoms. The number of piperazine rings is 1. The summed E-state index contributed by atoms with van der Waals surface area (Å²) in [6.07, 6.45) is 0. The molecule has 5 heteroatoms. The molecule has 0 unspecified atom stereocenters. The van der Waals surface area contributed by atoms with E-state index in [2.05, 4.69) is 35.6 Å². The van der Waals surface area contributed by atoms with Gasteiger partial charge in [-0.2, -0.15) is 0 Å². The molecule has 1 saturated heterocycles. The molecule has 106 valence electrons. The van der Waals surface area contributed by atoms with Gasteiger partial charge in [0.05, 0.1) is 0 Å². The van der Waals surface area contributed by atoms with Gasteiger partial charge in [-0.05, 0) is 13.5 Å². The summed E-state index contributed by atoms with van der Waals surface area (Å²) in [4.78, 5) is 13.9. The van der Waals surface area contributed by atoms with E-state index in [9.17, 15) is 0 Å². The van der Waals surface area contributed by atoms with Crippen LogP contribution in [-0.2, 0) is 0 Å². The van der Waals surface area contributed by atoms with Gasteiger partial charge in [0.2, 0.25) is 0 Å². The minimum atomic E-state index is 0.300. The number of hydrogen-bond acceptors (Lipinski definition) is 4. The summed E-state index contributed by atoms with van der Waals surface area (Å²) in [7, 11) is 0. The van der Waals surface area contributed by atoms with Gasteiger partial charge in [0.25, 0.3) is 0 Å². The van der Waals surface area contributed by atoms with E-state index in [1.54, 1.807) is 0 Å². The summed E-state index contributed by atoms with van der Waals surface area (Å²) in [5.41, 5.74) is 0.996. The van der Waals surface area contributed by atoms with Crippen LogP contribution in [0.3, 0.4) is 0 Å². The second kappa shape index (κ2) is 6.06. The lowest BCUT2D eigenvalue weighted by molar-refractivity contribution is 0.270. The second-order valence-electron chi connectivity index (χ2n) is 5.40. The molecule has 0 N–H and O–H groups in total. The summed E-state index contributed by atoms with van der Waals surface area (Å²) in [6.45, 7) is 13.7. The Kier molecular flexibility index (Phi) is 4.63. The van der Waals surface area contributed by atoms with E-state index in [1.165, 1.54) is 0 Å². The fourth-order valence-corrected chi connectivity index (χ4v) is 2.51. The SMILES string of the molecule is CCN1CCN(c2nc(C(C)C)nc(Cl)c2C)CC1. The predicted octanol–water partition coefficient (Wildman–Crippen LogP) is 2.70. The third kappa shape index (κ3) is 3.18. The molecule has 2 heterocycles. The monoisotopic (exact) mass is 282 g/mol. The summed E-state index contributed by atoms with van der Waals surface area (Å²) < 4.78 is 0. The van der Waals surface area contributed by atoms with Crippen molar-refractivity contribution in [3.63, 3.8) is 0 Å². The van der Waals surface area contributed by atoms with Crippen molar-refractivity contribution >= 4 is 17.4 Å². The summed E-state index contributed by atoms with van der Waals surface area (Å²) in [5.74, 6) is 2.15. The third-order valence-corrected chi connectivity index (χ3v) is 4.08. The lowest BCUT2D eigenvalue weighted by Gasteiger charge is -2.35. The predicted molar refractivity (Wildman–Crippen MR) is 80.2 cm³/mol. The molecule has 0 bridgehead atoms. The third-order valence-electron chi connectivity index (χ3n) is 3.71. The normalized spacial score (nSPS) is 17.3. The molecule has 1 aromatic rings. The first-order valence-electron chi connectivity index (χ1n) is 7.04. The first-order chi connectivity index (χ1) is 9.02. The van der Waals surface area contributed by atoms with Gasteiger partial charge in [0.15, 0.2) is 0 Å². The number of halogens is 1. The Morgan fingerprint density at radius 1 is 1.16 bits per heavy atom. The molecule has 0 atom stereocenters. The molecular formula is C14H23ClN4. The number of anilines is 1. The summed E-state index contributed by atoms with van der Waals surface area (Å²) >= 11 is 6.25. The van der Waals surface area contributed by atoms with Crippen molar-refractivity contribution in [2.45, 2.75) is 33.6 Å². The van der Waals surface area contributed by atoms with Crippen LogP contribution in [-0.4, -0.2) is 47.6 Å².